The summed E-state index contributed by atoms with van der Waals surface area (Å²) in [5, 5.41) is 15.3. The highest BCUT2D eigenvalue weighted by Crippen LogP contribution is 2.41. The Morgan fingerprint density at radius 2 is 1.59 bits per heavy atom. The smallest absolute Gasteiger partial charge is 0.255 e. The summed E-state index contributed by atoms with van der Waals surface area (Å²) in [6.45, 7) is 6.97. The molecular weight excluding hydrogens is 577 g/mol. The molecule has 46 heavy (non-hydrogen) atoms. The number of nitrogens with one attached hydrogen (secondary N) is 2. The molecule has 4 heterocycles. The van der Waals surface area contributed by atoms with Crippen molar-refractivity contribution in [2.24, 2.45) is 0 Å². The van der Waals surface area contributed by atoms with Crippen molar-refractivity contribution in [1.82, 2.24) is 20.1 Å². The number of carbonyl (C=O) groups is 1. The van der Waals surface area contributed by atoms with Crippen molar-refractivity contribution in [1.29, 1.82) is 0 Å². The lowest BCUT2D eigenvalue weighted by Crippen LogP contribution is -2.52. The van der Waals surface area contributed by atoms with E-state index in [1.807, 2.05) is 42.5 Å². The van der Waals surface area contributed by atoms with E-state index in [1.54, 1.807) is 4.90 Å². The molecular formula is C38H38FN5O2. The average molecular weight is 616 g/mol. The van der Waals surface area contributed by atoms with Crippen LogP contribution in [-0.2, 0) is 6.54 Å². The molecule has 0 saturated carbocycles. The van der Waals surface area contributed by atoms with Gasteiger partial charge in [-0.1, -0.05) is 42.5 Å². The van der Waals surface area contributed by atoms with E-state index in [1.165, 1.54) is 36.7 Å². The van der Waals surface area contributed by atoms with Gasteiger partial charge >= 0.3 is 0 Å². The lowest BCUT2D eigenvalue weighted by atomic mass is 9.99. The van der Waals surface area contributed by atoms with Gasteiger partial charge in [-0.25, -0.2) is 4.39 Å². The normalized spacial score (nSPS) is 18.3. The number of benzene rings is 4. The molecule has 0 aliphatic carbocycles. The van der Waals surface area contributed by atoms with Gasteiger partial charge in [0.05, 0.1) is 0 Å². The zero-order chi connectivity index (χ0) is 31.2. The molecule has 5 aromatic rings. The third kappa shape index (κ3) is 5.31. The van der Waals surface area contributed by atoms with Crippen LogP contribution in [-0.4, -0.2) is 71.1 Å². The minimum absolute atomic E-state index is 0.0531. The molecule has 4 aromatic carbocycles. The second-order valence-electron chi connectivity index (χ2n) is 12.8. The van der Waals surface area contributed by atoms with Crippen LogP contribution in [0.25, 0.3) is 22.0 Å². The Morgan fingerprint density at radius 1 is 0.826 bits per heavy atom. The third-order valence-corrected chi connectivity index (χ3v) is 10.1. The number of nitrogens with zero attached hydrogens (tertiary/aromatic N) is 3. The molecule has 3 aliphatic heterocycles. The van der Waals surface area contributed by atoms with Crippen LogP contribution in [0.1, 0.15) is 46.1 Å². The molecule has 0 radical (unpaired) electrons. The Kier molecular flexibility index (Phi) is 7.47. The molecule has 0 unspecified atom stereocenters. The summed E-state index contributed by atoms with van der Waals surface area (Å²) in [6, 6.07) is 28.5. The lowest BCUT2D eigenvalue weighted by Gasteiger charge is -2.41. The minimum Gasteiger partial charge on any atom is -0.508 e. The molecule has 234 valence electrons. The van der Waals surface area contributed by atoms with E-state index in [4.69, 9.17) is 0 Å². The van der Waals surface area contributed by atoms with Gasteiger partial charge < -0.3 is 25.2 Å². The van der Waals surface area contributed by atoms with E-state index < -0.39 is 11.9 Å². The van der Waals surface area contributed by atoms with Gasteiger partial charge in [0.2, 0.25) is 0 Å². The summed E-state index contributed by atoms with van der Waals surface area (Å²) >= 11 is 0. The number of halogens is 1. The number of para-hydroxylation sites is 1. The Morgan fingerprint density at radius 3 is 2.37 bits per heavy atom. The first-order valence-electron chi connectivity index (χ1n) is 16.3. The number of aromatic amines is 1. The maximum atomic E-state index is 14.5. The molecule has 1 atom stereocenters. The summed E-state index contributed by atoms with van der Waals surface area (Å²) in [4.78, 5) is 24.4. The molecule has 8 heteroatoms. The Hall–Kier alpha value is -4.66. The molecule has 2 saturated heterocycles. The van der Waals surface area contributed by atoms with Crippen LogP contribution in [0.3, 0.4) is 0 Å². The van der Waals surface area contributed by atoms with E-state index in [0.29, 0.717) is 23.7 Å². The maximum absolute atomic E-state index is 14.5. The van der Waals surface area contributed by atoms with Crippen LogP contribution < -0.4 is 10.2 Å². The predicted molar refractivity (Wildman–Crippen MR) is 180 cm³/mol. The number of aromatic nitrogens is 1. The molecule has 1 amide bonds. The standard InChI is InChI=1S/C38H38FN5O2/c39-29-9-12-36(45)33(23-29)37(35-22-27-3-1-2-4-34(27)41-35)44-24-28-6-5-26(21-32(28)38(44)46)25-7-10-30(11-8-25)42-17-13-31(14-18-42)43-19-15-40-16-20-43/h1-12,21-23,31,37,40-41,45H,13-20,24H2/t37-/m1/s1. The number of hydrogen-bond donors (Lipinski definition) is 3. The summed E-state index contributed by atoms with van der Waals surface area (Å²) < 4.78 is 14.5. The largest absolute Gasteiger partial charge is 0.508 e. The Labute approximate surface area is 268 Å². The zero-order valence-electron chi connectivity index (χ0n) is 25.8. The van der Waals surface area contributed by atoms with Crippen molar-refractivity contribution in [3.05, 3.63) is 119 Å². The number of phenolic OH excluding ortho intramolecular Hbond substituents is 1. The van der Waals surface area contributed by atoms with Crippen molar-refractivity contribution in [3.63, 3.8) is 0 Å². The van der Waals surface area contributed by atoms with Crippen LogP contribution in [0, 0.1) is 5.82 Å². The van der Waals surface area contributed by atoms with E-state index in [9.17, 15) is 14.3 Å². The van der Waals surface area contributed by atoms with Crippen LogP contribution in [0.15, 0.2) is 91.0 Å². The van der Waals surface area contributed by atoms with Crippen molar-refractivity contribution in [2.45, 2.75) is 31.5 Å². The summed E-state index contributed by atoms with van der Waals surface area (Å²) in [5.41, 5.74) is 6.80. The number of piperidine rings is 1. The molecule has 8 rings (SSSR count). The van der Waals surface area contributed by atoms with Gasteiger partial charge in [-0.3, -0.25) is 9.69 Å². The van der Waals surface area contributed by atoms with E-state index in [-0.39, 0.29) is 11.7 Å². The van der Waals surface area contributed by atoms with E-state index in [2.05, 4.69) is 50.4 Å². The molecule has 3 N–H and O–H groups in total. The molecule has 1 aromatic heterocycles. The highest BCUT2D eigenvalue weighted by Gasteiger charge is 2.37. The fraction of sp³-hybridized carbons (Fsp3) is 0.289. The topological polar surface area (TPSA) is 74.8 Å². The van der Waals surface area contributed by atoms with Gasteiger partial charge in [0.15, 0.2) is 0 Å². The Bertz CT molecular complexity index is 1860. The second kappa shape index (κ2) is 11.9. The number of amides is 1. The second-order valence-corrected chi connectivity index (χ2v) is 12.8. The van der Waals surface area contributed by atoms with Crippen LogP contribution in [0.4, 0.5) is 10.1 Å². The van der Waals surface area contributed by atoms with Gasteiger partial charge in [0.25, 0.3) is 5.91 Å². The summed E-state index contributed by atoms with van der Waals surface area (Å²) in [7, 11) is 0. The summed E-state index contributed by atoms with van der Waals surface area (Å²) in [5.74, 6) is -0.663. The SMILES string of the molecule is O=C1c2cc(-c3ccc(N4CCC(N5CCNCC5)CC4)cc3)ccc2CN1[C@@H](c1cc2ccccc2[nH]1)c1cc(F)ccc1O. The van der Waals surface area contributed by atoms with Crippen molar-refractivity contribution >= 4 is 22.5 Å². The Balaban J connectivity index is 1.03. The van der Waals surface area contributed by atoms with Crippen molar-refractivity contribution in [2.75, 3.05) is 44.2 Å². The first-order valence-corrected chi connectivity index (χ1v) is 16.3. The number of H-pyrrole nitrogens is 1. The van der Waals surface area contributed by atoms with Gasteiger partial charge in [-0.2, -0.15) is 0 Å². The van der Waals surface area contributed by atoms with Crippen LogP contribution >= 0.6 is 0 Å². The number of aromatic hydroxyl groups is 1. The van der Waals surface area contributed by atoms with Crippen molar-refractivity contribution in [3.8, 4) is 16.9 Å². The highest BCUT2D eigenvalue weighted by atomic mass is 19.1. The number of phenols is 1. The predicted octanol–water partition coefficient (Wildman–Crippen LogP) is 6.30. The van der Waals surface area contributed by atoms with Crippen LogP contribution in [0.5, 0.6) is 5.75 Å². The highest BCUT2D eigenvalue weighted by molar-refractivity contribution is 6.00. The molecule has 3 aliphatic rings. The quantitative estimate of drug-likeness (QED) is 0.209. The molecule has 0 bridgehead atoms. The number of carbonyl (C=O) groups excluding carboxylic acids is 1. The van der Waals surface area contributed by atoms with Gasteiger partial charge in [0, 0.05) is 79.9 Å². The monoisotopic (exact) mass is 615 g/mol. The third-order valence-electron chi connectivity index (χ3n) is 10.1. The average Bonchev–Trinajstić information content (AvgIpc) is 3.67. The van der Waals surface area contributed by atoms with Crippen molar-refractivity contribution < 1.29 is 14.3 Å². The van der Waals surface area contributed by atoms with E-state index >= 15 is 0 Å². The molecule has 0 spiro atoms. The zero-order valence-corrected chi connectivity index (χ0v) is 25.8. The first kappa shape index (κ1) is 28.8. The fourth-order valence-corrected chi connectivity index (χ4v) is 7.60. The molecule has 7 nitrogen and oxygen atoms in total. The first-order chi connectivity index (χ1) is 22.5. The number of anilines is 1. The minimum atomic E-state index is -0.693. The van der Waals surface area contributed by atoms with E-state index in [0.717, 1.165) is 72.6 Å². The van der Waals surface area contributed by atoms with Gasteiger partial charge in [-0.15, -0.1) is 0 Å². The lowest BCUT2D eigenvalue weighted by molar-refractivity contribution is 0.0726. The number of hydrogen-bond acceptors (Lipinski definition) is 5. The fourth-order valence-electron chi connectivity index (χ4n) is 7.60. The van der Waals surface area contributed by atoms with Crippen LogP contribution in [0.2, 0.25) is 0 Å². The number of rotatable bonds is 6. The van der Waals surface area contributed by atoms with Gasteiger partial charge in [0.1, 0.15) is 17.6 Å². The summed E-state index contributed by atoms with van der Waals surface area (Å²) in [6.07, 6.45) is 2.39. The maximum Gasteiger partial charge on any atom is 0.255 e. The number of fused-ring (bicyclic) bond motifs is 2. The van der Waals surface area contributed by atoms with Gasteiger partial charge in [-0.05, 0) is 83.4 Å². The molecule has 2 fully saturated rings. The number of piperazine rings is 1.